The maximum atomic E-state index is 13.3. The van der Waals surface area contributed by atoms with Crippen LogP contribution in [-0.2, 0) is 11.3 Å². The van der Waals surface area contributed by atoms with Gasteiger partial charge < -0.3 is 9.64 Å². The molecule has 3 aromatic rings. The number of anilines is 1. The van der Waals surface area contributed by atoms with Gasteiger partial charge in [-0.1, -0.05) is 29.3 Å². The molecule has 0 unspecified atom stereocenters. The molecule has 154 valence electrons. The Morgan fingerprint density at radius 3 is 2.17 bits per heavy atom. The molecule has 4 nitrogen and oxygen atoms in total. The highest BCUT2D eigenvalue weighted by atomic mass is 35.5. The fourth-order valence-corrected chi connectivity index (χ4v) is 3.31. The topological polar surface area (TPSA) is 46.6 Å². The summed E-state index contributed by atoms with van der Waals surface area (Å²) in [4.78, 5) is 26.6. The number of amides is 1. The third-order valence-corrected chi connectivity index (χ3v) is 4.96. The van der Waals surface area contributed by atoms with Crippen molar-refractivity contribution in [2.45, 2.75) is 13.5 Å². The lowest BCUT2D eigenvalue weighted by Crippen LogP contribution is -2.30. The van der Waals surface area contributed by atoms with Crippen molar-refractivity contribution in [3.8, 4) is 0 Å². The summed E-state index contributed by atoms with van der Waals surface area (Å²) in [6.45, 7) is 2.15. The number of hydrogen-bond donors (Lipinski definition) is 0. The van der Waals surface area contributed by atoms with Gasteiger partial charge in [0.15, 0.2) is 0 Å². The Kier molecular flexibility index (Phi) is 7.08. The maximum Gasteiger partial charge on any atom is 0.338 e. The quantitative estimate of drug-likeness (QED) is 0.427. The van der Waals surface area contributed by atoms with Gasteiger partial charge in [0.1, 0.15) is 5.82 Å². The first-order valence-electron chi connectivity index (χ1n) is 9.17. The average Bonchev–Trinajstić information content (AvgIpc) is 2.74. The molecule has 0 saturated carbocycles. The van der Waals surface area contributed by atoms with Gasteiger partial charge in [-0.25, -0.2) is 9.18 Å². The predicted octanol–water partition coefficient (Wildman–Crippen LogP) is 6.16. The molecule has 0 aliphatic carbocycles. The smallest absolute Gasteiger partial charge is 0.338 e. The molecule has 0 aliphatic heterocycles. The fraction of sp³-hybridized carbons (Fsp3) is 0.130. The number of esters is 1. The van der Waals surface area contributed by atoms with Gasteiger partial charge in [0.2, 0.25) is 0 Å². The molecule has 0 spiro atoms. The summed E-state index contributed by atoms with van der Waals surface area (Å²) in [6.07, 6.45) is 0. The van der Waals surface area contributed by atoms with Crippen molar-refractivity contribution in [2.75, 3.05) is 11.5 Å². The second-order valence-corrected chi connectivity index (χ2v) is 7.24. The Labute approximate surface area is 183 Å². The van der Waals surface area contributed by atoms with Crippen molar-refractivity contribution in [1.82, 2.24) is 0 Å². The summed E-state index contributed by atoms with van der Waals surface area (Å²) in [5.41, 5.74) is 1.92. The summed E-state index contributed by atoms with van der Waals surface area (Å²) in [5, 5.41) is 0.904. The molecule has 0 radical (unpaired) electrons. The van der Waals surface area contributed by atoms with Crippen LogP contribution in [0.1, 0.15) is 33.2 Å². The molecule has 0 N–H and O–H groups in total. The van der Waals surface area contributed by atoms with E-state index in [-0.39, 0.29) is 19.1 Å². The lowest BCUT2D eigenvalue weighted by Gasteiger charge is -2.24. The van der Waals surface area contributed by atoms with E-state index >= 15 is 0 Å². The number of halogens is 3. The molecular formula is C23H18Cl2FNO3. The monoisotopic (exact) mass is 445 g/mol. The van der Waals surface area contributed by atoms with E-state index in [0.717, 1.165) is 0 Å². The van der Waals surface area contributed by atoms with Gasteiger partial charge >= 0.3 is 5.97 Å². The zero-order valence-electron chi connectivity index (χ0n) is 16.1. The maximum absolute atomic E-state index is 13.3. The van der Waals surface area contributed by atoms with E-state index in [1.165, 1.54) is 29.2 Å². The summed E-state index contributed by atoms with van der Waals surface area (Å²) < 4.78 is 18.3. The van der Waals surface area contributed by atoms with Crippen LogP contribution in [0.4, 0.5) is 10.1 Å². The van der Waals surface area contributed by atoms with Gasteiger partial charge in [-0.15, -0.1) is 0 Å². The van der Waals surface area contributed by atoms with Gasteiger partial charge in [0.25, 0.3) is 5.91 Å². The third-order valence-electron chi connectivity index (χ3n) is 4.37. The molecule has 0 aromatic heterocycles. The molecular weight excluding hydrogens is 428 g/mol. The Hall–Kier alpha value is -2.89. The minimum Gasteiger partial charge on any atom is -0.462 e. The largest absolute Gasteiger partial charge is 0.462 e. The van der Waals surface area contributed by atoms with Crippen molar-refractivity contribution < 1.29 is 18.7 Å². The van der Waals surface area contributed by atoms with Crippen LogP contribution in [0.5, 0.6) is 0 Å². The first kappa shape index (κ1) is 21.8. The summed E-state index contributed by atoms with van der Waals surface area (Å²) in [6, 6.07) is 16.8. The average molecular weight is 446 g/mol. The standard InChI is InChI=1S/C23H18Cl2FNO3/c1-2-30-23(29)16-6-11-20(12-7-16)27(14-17-3-8-18(24)13-21(17)25)22(28)15-4-9-19(26)10-5-15/h3-13H,2,14H2,1H3. The van der Waals surface area contributed by atoms with Crippen LogP contribution < -0.4 is 4.90 Å². The van der Waals surface area contributed by atoms with Crippen molar-refractivity contribution >= 4 is 40.8 Å². The zero-order chi connectivity index (χ0) is 21.7. The molecule has 0 aliphatic rings. The molecule has 0 fully saturated rings. The Morgan fingerprint density at radius 1 is 0.933 bits per heavy atom. The minimum absolute atomic E-state index is 0.158. The van der Waals surface area contributed by atoms with Crippen LogP contribution in [0, 0.1) is 5.82 Å². The summed E-state index contributed by atoms with van der Waals surface area (Å²) in [5.74, 6) is -1.22. The fourth-order valence-electron chi connectivity index (χ4n) is 2.84. The summed E-state index contributed by atoms with van der Waals surface area (Å²) >= 11 is 12.3. The van der Waals surface area contributed by atoms with Crippen LogP contribution in [0.25, 0.3) is 0 Å². The van der Waals surface area contributed by atoms with E-state index in [1.807, 2.05) is 0 Å². The molecule has 3 rings (SSSR count). The van der Waals surface area contributed by atoms with E-state index in [9.17, 15) is 14.0 Å². The van der Waals surface area contributed by atoms with E-state index in [1.54, 1.807) is 49.4 Å². The Bertz CT molecular complexity index is 1050. The predicted molar refractivity (Wildman–Crippen MR) is 116 cm³/mol. The number of hydrogen-bond acceptors (Lipinski definition) is 3. The van der Waals surface area contributed by atoms with Crippen molar-refractivity contribution in [2.24, 2.45) is 0 Å². The lowest BCUT2D eigenvalue weighted by atomic mass is 10.1. The molecule has 0 heterocycles. The van der Waals surface area contributed by atoms with E-state index < -0.39 is 11.8 Å². The molecule has 0 atom stereocenters. The second-order valence-electron chi connectivity index (χ2n) is 6.40. The highest BCUT2D eigenvalue weighted by Crippen LogP contribution is 2.26. The van der Waals surface area contributed by atoms with Gasteiger partial charge in [-0.05, 0) is 73.2 Å². The minimum atomic E-state index is -0.443. The summed E-state index contributed by atoms with van der Waals surface area (Å²) in [7, 11) is 0. The molecule has 7 heteroatoms. The van der Waals surface area contributed by atoms with Crippen LogP contribution in [0.3, 0.4) is 0 Å². The van der Waals surface area contributed by atoms with E-state index in [2.05, 4.69) is 0 Å². The van der Waals surface area contributed by atoms with E-state index in [0.29, 0.717) is 32.4 Å². The van der Waals surface area contributed by atoms with Crippen molar-refractivity contribution in [1.29, 1.82) is 0 Å². The Balaban J connectivity index is 1.97. The Morgan fingerprint density at radius 2 is 1.57 bits per heavy atom. The van der Waals surface area contributed by atoms with Gasteiger partial charge in [0.05, 0.1) is 18.7 Å². The van der Waals surface area contributed by atoms with Gasteiger partial charge in [0, 0.05) is 21.3 Å². The number of rotatable bonds is 6. The second kappa shape index (κ2) is 9.74. The SMILES string of the molecule is CCOC(=O)c1ccc(N(Cc2ccc(Cl)cc2Cl)C(=O)c2ccc(F)cc2)cc1. The highest BCUT2D eigenvalue weighted by molar-refractivity contribution is 6.35. The van der Waals surface area contributed by atoms with Crippen LogP contribution in [-0.4, -0.2) is 18.5 Å². The molecule has 0 saturated heterocycles. The van der Waals surface area contributed by atoms with Crippen LogP contribution >= 0.6 is 23.2 Å². The number of nitrogens with zero attached hydrogens (tertiary/aromatic N) is 1. The number of ether oxygens (including phenoxy) is 1. The lowest BCUT2D eigenvalue weighted by molar-refractivity contribution is 0.0526. The number of carbonyl (C=O) groups excluding carboxylic acids is 2. The number of benzene rings is 3. The van der Waals surface area contributed by atoms with Crippen molar-refractivity contribution in [3.05, 3.63) is 99.3 Å². The van der Waals surface area contributed by atoms with Crippen LogP contribution in [0.2, 0.25) is 10.0 Å². The molecule has 3 aromatic carbocycles. The highest BCUT2D eigenvalue weighted by Gasteiger charge is 2.20. The van der Waals surface area contributed by atoms with E-state index in [4.69, 9.17) is 27.9 Å². The first-order valence-corrected chi connectivity index (χ1v) is 9.93. The number of carbonyl (C=O) groups is 2. The zero-order valence-corrected chi connectivity index (χ0v) is 17.6. The third kappa shape index (κ3) is 5.17. The van der Waals surface area contributed by atoms with Gasteiger partial charge in [-0.2, -0.15) is 0 Å². The first-order chi connectivity index (χ1) is 14.4. The van der Waals surface area contributed by atoms with Crippen molar-refractivity contribution in [3.63, 3.8) is 0 Å². The van der Waals surface area contributed by atoms with Gasteiger partial charge in [-0.3, -0.25) is 4.79 Å². The molecule has 1 amide bonds. The molecule has 0 bridgehead atoms. The normalized spacial score (nSPS) is 10.5. The molecule has 30 heavy (non-hydrogen) atoms. The van der Waals surface area contributed by atoms with Crippen LogP contribution in [0.15, 0.2) is 66.7 Å².